The molecule has 1 aliphatic carbocycles. The fourth-order valence-corrected chi connectivity index (χ4v) is 2.56. The molecule has 93 valence electrons. The fraction of sp³-hybridized carbons (Fsp3) is 0.167. The second-order valence-corrected chi connectivity index (χ2v) is 4.89. The first-order chi connectivity index (χ1) is 8.78. The largest absolute Gasteiger partial charge is 0.0642 e. The predicted molar refractivity (Wildman–Crippen MR) is 78.3 cm³/mol. The standard InChI is InChI=1S/C18H17.Zr/c1-3-14-7-9-15(10-8-14)17-6-4-5-16-11-13(2)12-18(16)17;/h4-12H,3H2,1-2H3;. The van der Waals surface area contributed by atoms with Crippen molar-refractivity contribution in [3.63, 3.8) is 0 Å². The molecule has 0 N–H and O–H groups in total. The molecule has 0 atom stereocenters. The van der Waals surface area contributed by atoms with E-state index in [1.165, 1.54) is 33.4 Å². The van der Waals surface area contributed by atoms with Crippen molar-refractivity contribution in [1.29, 1.82) is 0 Å². The second-order valence-electron chi connectivity index (χ2n) is 4.89. The van der Waals surface area contributed by atoms with E-state index in [4.69, 9.17) is 0 Å². The van der Waals surface area contributed by atoms with Gasteiger partial charge in [-0.1, -0.05) is 61.0 Å². The van der Waals surface area contributed by atoms with Crippen LogP contribution in [-0.4, -0.2) is 0 Å². The topological polar surface area (TPSA) is 0 Å². The number of hydrogen-bond acceptors (Lipinski definition) is 0. The average Bonchev–Trinajstić information content (AvgIpc) is 2.79. The molecule has 1 aliphatic rings. The quantitative estimate of drug-likeness (QED) is 0.738. The third kappa shape index (κ3) is 2.82. The van der Waals surface area contributed by atoms with Crippen LogP contribution in [-0.2, 0) is 32.6 Å². The van der Waals surface area contributed by atoms with E-state index in [1.54, 1.807) is 0 Å². The number of fused-ring (bicyclic) bond motifs is 1. The number of rotatable bonds is 2. The Morgan fingerprint density at radius 1 is 0.947 bits per heavy atom. The molecule has 3 rings (SSSR count). The molecule has 2 aromatic rings. The van der Waals surface area contributed by atoms with Crippen LogP contribution in [0.25, 0.3) is 17.2 Å². The van der Waals surface area contributed by atoms with E-state index in [9.17, 15) is 0 Å². The third-order valence-corrected chi connectivity index (χ3v) is 3.57. The number of allylic oxidation sites excluding steroid dienone is 1. The van der Waals surface area contributed by atoms with Crippen molar-refractivity contribution >= 4 is 6.08 Å². The molecule has 0 spiro atoms. The molecule has 0 bridgehead atoms. The van der Waals surface area contributed by atoms with Gasteiger partial charge in [0.25, 0.3) is 0 Å². The minimum absolute atomic E-state index is 0. The molecule has 0 fully saturated rings. The Hall–Kier alpha value is -0.937. The summed E-state index contributed by atoms with van der Waals surface area (Å²) in [6.45, 7) is 4.35. The van der Waals surface area contributed by atoms with Crippen LogP contribution in [0.1, 0.15) is 30.5 Å². The maximum atomic E-state index is 2.28. The molecule has 0 aliphatic heterocycles. The van der Waals surface area contributed by atoms with E-state index >= 15 is 0 Å². The first-order valence-electron chi connectivity index (χ1n) is 6.53. The van der Waals surface area contributed by atoms with Gasteiger partial charge in [-0.15, -0.1) is 0 Å². The van der Waals surface area contributed by atoms with Crippen LogP contribution in [0.5, 0.6) is 0 Å². The van der Waals surface area contributed by atoms with Gasteiger partial charge in [0.1, 0.15) is 0 Å². The van der Waals surface area contributed by atoms with Gasteiger partial charge in [0.05, 0.1) is 0 Å². The van der Waals surface area contributed by atoms with Gasteiger partial charge >= 0.3 is 0 Å². The fourth-order valence-electron chi connectivity index (χ4n) is 2.56. The van der Waals surface area contributed by atoms with Crippen LogP contribution >= 0.6 is 0 Å². The SMILES string of the molecule is CCc1ccc(-c2cccc3c2C=C(C)[CH]3)cc1.[Zr]. The molecular weight excluding hydrogens is 307 g/mol. The van der Waals surface area contributed by atoms with Gasteiger partial charge in [-0.2, -0.15) is 0 Å². The molecule has 0 nitrogen and oxygen atoms in total. The summed E-state index contributed by atoms with van der Waals surface area (Å²) in [5.74, 6) is 0. The minimum Gasteiger partial charge on any atom is -0.0642 e. The van der Waals surface area contributed by atoms with E-state index in [0.717, 1.165) is 6.42 Å². The summed E-state index contributed by atoms with van der Waals surface area (Å²) < 4.78 is 0. The van der Waals surface area contributed by atoms with Gasteiger partial charge in [0.2, 0.25) is 0 Å². The van der Waals surface area contributed by atoms with E-state index in [1.807, 2.05) is 0 Å². The maximum Gasteiger partial charge on any atom is 0.0161 e. The molecule has 1 radical (unpaired) electrons. The second kappa shape index (κ2) is 6.01. The van der Waals surface area contributed by atoms with Gasteiger partial charge in [-0.25, -0.2) is 0 Å². The van der Waals surface area contributed by atoms with Crippen LogP contribution in [0.3, 0.4) is 0 Å². The van der Waals surface area contributed by atoms with Gasteiger partial charge in [-0.3, -0.25) is 0 Å². The van der Waals surface area contributed by atoms with Crippen LogP contribution in [0, 0.1) is 6.42 Å². The molecule has 2 aromatic carbocycles. The van der Waals surface area contributed by atoms with Crippen molar-refractivity contribution in [3.05, 3.63) is 71.1 Å². The van der Waals surface area contributed by atoms with Crippen LogP contribution in [0.15, 0.2) is 48.0 Å². The summed E-state index contributed by atoms with van der Waals surface area (Å²) in [6.07, 6.45) is 5.62. The molecule has 0 heterocycles. The molecule has 0 amide bonds. The Morgan fingerprint density at radius 3 is 2.37 bits per heavy atom. The molecule has 0 unspecified atom stereocenters. The summed E-state index contributed by atoms with van der Waals surface area (Å²) in [7, 11) is 0. The van der Waals surface area contributed by atoms with E-state index in [0.29, 0.717) is 0 Å². The third-order valence-electron chi connectivity index (χ3n) is 3.57. The maximum absolute atomic E-state index is 2.28. The molecule has 1 heteroatoms. The molecule has 0 aromatic heterocycles. The summed E-state index contributed by atoms with van der Waals surface area (Å²) >= 11 is 0. The number of hydrogen-bond donors (Lipinski definition) is 0. The normalized spacial score (nSPS) is 12.6. The Balaban J connectivity index is 0.00000133. The average molecular weight is 325 g/mol. The summed E-state index contributed by atoms with van der Waals surface area (Å²) in [6, 6.07) is 15.5. The van der Waals surface area contributed by atoms with E-state index < -0.39 is 0 Å². The van der Waals surface area contributed by atoms with Crippen LogP contribution in [0.4, 0.5) is 0 Å². The number of aryl methyl sites for hydroxylation is 1. The predicted octanol–water partition coefficient (Wildman–Crippen LogP) is 4.88. The van der Waals surface area contributed by atoms with Crippen molar-refractivity contribution in [2.24, 2.45) is 0 Å². The molecule has 0 saturated heterocycles. The Morgan fingerprint density at radius 2 is 1.68 bits per heavy atom. The van der Waals surface area contributed by atoms with Gasteiger partial charge < -0.3 is 0 Å². The van der Waals surface area contributed by atoms with Crippen molar-refractivity contribution in [3.8, 4) is 11.1 Å². The smallest absolute Gasteiger partial charge is 0.0161 e. The van der Waals surface area contributed by atoms with Crippen LogP contribution < -0.4 is 0 Å². The molecule has 0 saturated carbocycles. The van der Waals surface area contributed by atoms with Gasteiger partial charge in [0, 0.05) is 32.6 Å². The van der Waals surface area contributed by atoms with Gasteiger partial charge in [0.15, 0.2) is 0 Å². The van der Waals surface area contributed by atoms with Crippen molar-refractivity contribution in [1.82, 2.24) is 0 Å². The minimum atomic E-state index is 0. The van der Waals surface area contributed by atoms with Gasteiger partial charge in [-0.05, 0) is 41.2 Å². The summed E-state index contributed by atoms with van der Waals surface area (Å²) in [5.41, 5.74) is 8.07. The Kier molecular flexibility index (Phi) is 4.58. The Bertz CT molecular complexity index is 606. The van der Waals surface area contributed by atoms with E-state index in [2.05, 4.69) is 68.8 Å². The Labute approximate surface area is 134 Å². The van der Waals surface area contributed by atoms with E-state index in [-0.39, 0.29) is 26.2 Å². The summed E-state index contributed by atoms with van der Waals surface area (Å²) in [5, 5.41) is 0. The first-order valence-corrected chi connectivity index (χ1v) is 6.53. The van der Waals surface area contributed by atoms with Crippen LogP contribution in [0.2, 0.25) is 0 Å². The zero-order chi connectivity index (χ0) is 12.5. The molecule has 19 heavy (non-hydrogen) atoms. The monoisotopic (exact) mass is 323 g/mol. The van der Waals surface area contributed by atoms with Crippen molar-refractivity contribution < 1.29 is 26.2 Å². The summed E-state index contributed by atoms with van der Waals surface area (Å²) in [4.78, 5) is 0. The molecular formula is C18H17Zr. The zero-order valence-corrected chi connectivity index (χ0v) is 13.9. The van der Waals surface area contributed by atoms with Crippen molar-refractivity contribution in [2.45, 2.75) is 20.3 Å². The number of benzene rings is 2. The zero-order valence-electron chi connectivity index (χ0n) is 11.4. The first kappa shape index (κ1) is 14.5. The van der Waals surface area contributed by atoms with Crippen molar-refractivity contribution in [2.75, 3.05) is 0 Å².